The van der Waals surface area contributed by atoms with Crippen molar-refractivity contribution in [2.75, 3.05) is 19.0 Å². The standard InChI is InChI=1S/C26H22FN3O4/c1-3-34-26(32)23-16-24(30(29-23)21-11-13-22(33-2)14-12-21)18-5-4-6-20(15-18)28-25(31)17-7-9-19(27)10-8-17/h4-16H,3H2,1-2H3,(H,28,31). The normalized spacial score (nSPS) is 10.6. The number of nitrogens with zero attached hydrogens (tertiary/aromatic N) is 2. The molecule has 0 radical (unpaired) electrons. The van der Waals surface area contributed by atoms with Crippen molar-refractivity contribution in [3.8, 4) is 22.7 Å². The first kappa shape index (κ1) is 22.7. The maximum absolute atomic E-state index is 13.2. The largest absolute Gasteiger partial charge is 0.497 e. The Morgan fingerprint density at radius 1 is 1.00 bits per heavy atom. The van der Waals surface area contributed by atoms with E-state index in [1.54, 1.807) is 55.1 Å². The number of halogens is 1. The molecule has 34 heavy (non-hydrogen) atoms. The second-order valence-corrected chi connectivity index (χ2v) is 7.29. The molecule has 4 aromatic rings. The number of carbonyl (C=O) groups excluding carboxylic acids is 2. The number of nitrogens with one attached hydrogen (secondary N) is 1. The summed E-state index contributed by atoms with van der Waals surface area (Å²) >= 11 is 0. The minimum atomic E-state index is -0.531. The molecule has 0 aliphatic heterocycles. The van der Waals surface area contributed by atoms with Crippen LogP contribution in [-0.4, -0.2) is 35.4 Å². The van der Waals surface area contributed by atoms with Gasteiger partial charge in [0.2, 0.25) is 0 Å². The molecule has 1 heterocycles. The van der Waals surface area contributed by atoms with Crippen LogP contribution < -0.4 is 10.1 Å². The van der Waals surface area contributed by atoms with Crippen molar-refractivity contribution in [1.29, 1.82) is 0 Å². The van der Waals surface area contributed by atoms with Crippen molar-refractivity contribution in [1.82, 2.24) is 9.78 Å². The lowest BCUT2D eigenvalue weighted by molar-refractivity contribution is 0.0519. The number of ether oxygens (including phenoxy) is 2. The van der Waals surface area contributed by atoms with Crippen LogP contribution in [-0.2, 0) is 4.74 Å². The number of esters is 1. The molecule has 172 valence electrons. The van der Waals surface area contributed by atoms with Crippen molar-refractivity contribution in [2.24, 2.45) is 0 Å². The van der Waals surface area contributed by atoms with E-state index >= 15 is 0 Å². The Hall–Kier alpha value is -4.46. The Labute approximate surface area is 195 Å². The second-order valence-electron chi connectivity index (χ2n) is 7.29. The van der Waals surface area contributed by atoms with Gasteiger partial charge in [-0.1, -0.05) is 12.1 Å². The van der Waals surface area contributed by atoms with Gasteiger partial charge in [0.25, 0.3) is 5.91 Å². The van der Waals surface area contributed by atoms with E-state index in [0.29, 0.717) is 28.4 Å². The topological polar surface area (TPSA) is 82.5 Å². The molecule has 0 bridgehead atoms. The predicted octanol–water partition coefficient (Wildman–Crippen LogP) is 5.12. The van der Waals surface area contributed by atoms with E-state index in [0.717, 1.165) is 5.56 Å². The lowest BCUT2D eigenvalue weighted by atomic mass is 10.1. The van der Waals surface area contributed by atoms with E-state index in [1.165, 1.54) is 24.3 Å². The highest BCUT2D eigenvalue weighted by Crippen LogP contribution is 2.28. The molecule has 0 saturated heterocycles. The summed E-state index contributed by atoms with van der Waals surface area (Å²) in [7, 11) is 1.58. The highest BCUT2D eigenvalue weighted by molar-refractivity contribution is 6.04. The maximum Gasteiger partial charge on any atom is 0.358 e. The maximum atomic E-state index is 13.2. The van der Waals surface area contributed by atoms with Crippen molar-refractivity contribution in [3.63, 3.8) is 0 Å². The number of hydrogen-bond acceptors (Lipinski definition) is 5. The van der Waals surface area contributed by atoms with Crippen LogP contribution in [0.5, 0.6) is 5.75 Å². The summed E-state index contributed by atoms with van der Waals surface area (Å²) in [5.41, 5.74) is 3.09. The summed E-state index contributed by atoms with van der Waals surface area (Å²) in [6, 6.07) is 21.3. The van der Waals surface area contributed by atoms with Crippen LogP contribution in [0.15, 0.2) is 78.9 Å². The second kappa shape index (κ2) is 9.99. The molecule has 0 fully saturated rings. The van der Waals surface area contributed by atoms with Crippen LogP contribution in [0.2, 0.25) is 0 Å². The third-order valence-electron chi connectivity index (χ3n) is 5.03. The van der Waals surface area contributed by atoms with Crippen LogP contribution in [0.1, 0.15) is 27.8 Å². The fourth-order valence-corrected chi connectivity index (χ4v) is 3.37. The molecule has 0 aliphatic carbocycles. The fourth-order valence-electron chi connectivity index (χ4n) is 3.37. The van der Waals surface area contributed by atoms with Crippen molar-refractivity contribution in [3.05, 3.63) is 95.9 Å². The lowest BCUT2D eigenvalue weighted by Gasteiger charge is -2.11. The van der Waals surface area contributed by atoms with Crippen LogP contribution >= 0.6 is 0 Å². The minimum Gasteiger partial charge on any atom is -0.497 e. The van der Waals surface area contributed by atoms with Gasteiger partial charge in [0.15, 0.2) is 5.69 Å². The SMILES string of the molecule is CCOC(=O)c1cc(-c2cccc(NC(=O)c3ccc(F)cc3)c2)n(-c2ccc(OC)cc2)n1. The zero-order chi connectivity index (χ0) is 24.1. The molecule has 0 atom stereocenters. The van der Waals surface area contributed by atoms with Gasteiger partial charge in [-0.25, -0.2) is 13.9 Å². The summed E-state index contributed by atoms with van der Waals surface area (Å²) in [5, 5.41) is 7.27. The summed E-state index contributed by atoms with van der Waals surface area (Å²) < 4.78 is 25.1. The fraction of sp³-hybridized carbons (Fsp3) is 0.115. The molecule has 0 unspecified atom stereocenters. The highest BCUT2D eigenvalue weighted by atomic mass is 19.1. The molecule has 0 saturated carbocycles. The first-order valence-corrected chi connectivity index (χ1v) is 10.6. The van der Waals surface area contributed by atoms with E-state index in [4.69, 9.17) is 9.47 Å². The quantitative estimate of drug-likeness (QED) is 0.388. The first-order chi connectivity index (χ1) is 16.5. The minimum absolute atomic E-state index is 0.161. The van der Waals surface area contributed by atoms with Gasteiger partial charge < -0.3 is 14.8 Å². The molecule has 0 aliphatic rings. The monoisotopic (exact) mass is 459 g/mol. The predicted molar refractivity (Wildman–Crippen MR) is 126 cm³/mol. The van der Waals surface area contributed by atoms with Crippen molar-refractivity contribution in [2.45, 2.75) is 6.92 Å². The van der Waals surface area contributed by atoms with Crippen LogP contribution in [0.4, 0.5) is 10.1 Å². The van der Waals surface area contributed by atoms with Gasteiger partial charge in [0.1, 0.15) is 11.6 Å². The number of amides is 1. The van der Waals surface area contributed by atoms with Gasteiger partial charge in [-0.15, -0.1) is 0 Å². The average molecular weight is 459 g/mol. The van der Waals surface area contributed by atoms with Gasteiger partial charge in [-0.3, -0.25) is 4.79 Å². The molecule has 7 nitrogen and oxygen atoms in total. The number of rotatable bonds is 7. The molecule has 0 spiro atoms. The van der Waals surface area contributed by atoms with Crippen LogP contribution in [0.25, 0.3) is 16.9 Å². The molecule has 1 N–H and O–H groups in total. The Kier molecular flexibility index (Phi) is 6.68. The third kappa shape index (κ3) is 4.96. The van der Waals surface area contributed by atoms with Gasteiger partial charge in [-0.2, -0.15) is 5.10 Å². The lowest BCUT2D eigenvalue weighted by Crippen LogP contribution is -2.11. The van der Waals surface area contributed by atoms with E-state index in [1.807, 2.05) is 18.2 Å². The molecule has 4 rings (SSSR count). The number of aromatic nitrogens is 2. The molecule has 1 amide bonds. The van der Waals surface area contributed by atoms with Gasteiger partial charge in [-0.05, 0) is 73.7 Å². The highest BCUT2D eigenvalue weighted by Gasteiger charge is 2.18. The molecular formula is C26H22FN3O4. The van der Waals surface area contributed by atoms with E-state index < -0.39 is 11.8 Å². The number of methoxy groups -OCH3 is 1. The van der Waals surface area contributed by atoms with Gasteiger partial charge >= 0.3 is 5.97 Å². The smallest absolute Gasteiger partial charge is 0.358 e. The molecular weight excluding hydrogens is 437 g/mol. The number of benzene rings is 3. The summed E-state index contributed by atoms with van der Waals surface area (Å²) in [6.45, 7) is 1.96. The zero-order valence-corrected chi connectivity index (χ0v) is 18.6. The zero-order valence-electron chi connectivity index (χ0n) is 18.6. The van der Waals surface area contributed by atoms with Gasteiger partial charge in [0, 0.05) is 16.8 Å². The third-order valence-corrected chi connectivity index (χ3v) is 5.03. The first-order valence-electron chi connectivity index (χ1n) is 10.6. The molecule has 8 heteroatoms. The van der Waals surface area contributed by atoms with E-state index in [-0.39, 0.29) is 18.2 Å². The summed E-state index contributed by atoms with van der Waals surface area (Å²) in [5.74, 6) is -0.624. The Balaban J connectivity index is 1.70. The summed E-state index contributed by atoms with van der Waals surface area (Å²) in [6.07, 6.45) is 0. The van der Waals surface area contributed by atoms with Crippen LogP contribution in [0, 0.1) is 5.82 Å². The van der Waals surface area contributed by atoms with Crippen LogP contribution in [0.3, 0.4) is 0 Å². The number of anilines is 1. The Morgan fingerprint density at radius 3 is 2.41 bits per heavy atom. The van der Waals surface area contributed by atoms with E-state index in [2.05, 4.69) is 10.4 Å². The Morgan fingerprint density at radius 2 is 1.74 bits per heavy atom. The average Bonchev–Trinajstić information content (AvgIpc) is 3.30. The molecule has 1 aromatic heterocycles. The number of hydrogen-bond donors (Lipinski definition) is 1. The Bertz CT molecular complexity index is 1310. The summed E-state index contributed by atoms with van der Waals surface area (Å²) in [4.78, 5) is 24.9. The van der Waals surface area contributed by atoms with Gasteiger partial charge in [0.05, 0.1) is 25.1 Å². The van der Waals surface area contributed by atoms with E-state index in [9.17, 15) is 14.0 Å². The van der Waals surface area contributed by atoms with Crippen molar-refractivity contribution < 1.29 is 23.5 Å². The number of carbonyl (C=O) groups is 2. The molecule has 3 aromatic carbocycles. The van der Waals surface area contributed by atoms with Crippen molar-refractivity contribution >= 4 is 17.6 Å².